The van der Waals surface area contributed by atoms with Gasteiger partial charge in [-0.3, -0.25) is 0 Å². The van der Waals surface area contributed by atoms with Crippen molar-refractivity contribution in [2.45, 2.75) is 37.2 Å². The number of sulfonamides is 1. The molecule has 0 saturated carbocycles. The Balaban J connectivity index is 1.66. The van der Waals surface area contributed by atoms with Gasteiger partial charge in [-0.15, -0.1) is 0 Å². The van der Waals surface area contributed by atoms with Gasteiger partial charge in [0.2, 0.25) is 21.9 Å². The van der Waals surface area contributed by atoms with E-state index in [9.17, 15) is 8.42 Å². The van der Waals surface area contributed by atoms with Crippen LogP contribution in [0.3, 0.4) is 0 Å². The summed E-state index contributed by atoms with van der Waals surface area (Å²) in [7, 11) is -2.07. The summed E-state index contributed by atoms with van der Waals surface area (Å²) in [5.41, 5.74) is 7.83. The van der Waals surface area contributed by atoms with Crippen LogP contribution in [-0.4, -0.2) is 51.9 Å². The van der Waals surface area contributed by atoms with Crippen LogP contribution in [0, 0.1) is 6.92 Å². The van der Waals surface area contributed by atoms with Gasteiger partial charge < -0.3 is 15.0 Å². The fraction of sp³-hybridized carbons (Fsp3) is 0.389. The Labute approximate surface area is 163 Å². The molecular weight excluding hydrogens is 380 g/mol. The number of rotatable bonds is 5. The van der Waals surface area contributed by atoms with Gasteiger partial charge in [-0.2, -0.15) is 14.3 Å². The molecule has 10 heteroatoms. The summed E-state index contributed by atoms with van der Waals surface area (Å²) in [5.74, 6) is 0.387. The highest BCUT2D eigenvalue weighted by Crippen LogP contribution is 2.29. The van der Waals surface area contributed by atoms with E-state index >= 15 is 0 Å². The summed E-state index contributed by atoms with van der Waals surface area (Å²) in [6, 6.07) is 6.75. The quantitative estimate of drug-likeness (QED) is 0.688. The number of nitrogens with two attached hydrogens (primary N) is 1. The number of nitrogens with zero attached hydrogens (tertiary/aromatic N) is 5. The van der Waals surface area contributed by atoms with Crippen LogP contribution in [0.5, 0.6) is 5.88 Å². The third-order valence-electron chi connectivity index (χ3n) is 5.00. The Morgan fingerprint density at radius 3 is 2.71 bits per heavy atom. The number of imidazole rings is 1. The lowest BCUT2D eigenvalue weighted by Gasteiger charge is -2.24. The molecule has 2 N–H and O–H groups in total. The fourth-order valence-electron chi connectivity index (χ4n) is 3.59. The van der Waals surface area contributed by atoms with Crippen molar-refractivity contribution in [1.29, 1.82) is 0 Å². The molecule has 3 aromatic rings. The van der Waals surface area contributed by atoms with Crippen LogP contribution in [0.1, 0.15) is 18.4 Å². The molecule has 0 radical (unpaired) electrons. The predicted molar refractivity (Wildman–Crippen MR) is 104 cm³/mol. The molecule has 0 amide bonds. The lowest BCUT2D eigenvalue weighted by Crippen LogP contribution is -2.38. The molecule has 3 heterocycles. The van der Waals surface area contributed by atoms with Crippen LogP contribution in [0.25, 0.3) is 11.2 Å². The van der Waals surface area contributed by atoms with Crippen LogP contribution >= 0.6 is 0 Å². The van der Waals surface area contributed by atoms with E-state index in [-0.39, 0.29) is 12.0 Å². The second-order valence-corrected chi connectivity index (χ2v) is 8.78. The fourth-order valence-corrected chi connectivity index (χ4v) is 5.28. The molecule has 1 aliphatic heterocycles. The number of fused-ring (bicyclic) bond motifs is 1. The van der Waals surface area contributed by atoms with Crippen molar-refractivity contribution in [1.82, 2.24) is 23.8 Å². The van der Waals surface area contributed by atoms with E-state index in [1.165, 1.54) is 7.11 Å². The van der Waals surface area contributed by atoms with Crippen LogP contribution in [0.2, 0.25) is 0 Å². The normalized spacial score (nSPS) is 18.0. The van der Waals surface area contributed by atoms with Gasteiger partial charge in [-0.05, 0) is 31.9 Å². The zero-order valence-corrected chi connectivity index (χ0v) is 16.6. The van der Waals surface area contributed by atoms with Crippen molar-refractivity contribution in [3.8, 4) is 5.88 Å². The summed E-state index contributed by atoms with van der Waals surface area (Å²) < 4.78 is 34.9. The third kappa shape index (κ3) is 3.18. The first-order valence-electron chi connectivity index (χ1n) is 9.01. The van der Waals surface area contributed by atoms with Gasteiger partial charge in [0.25, 0.3) is 0 Å². The molecule has 1 saturated heterocycles. The van der Waals surface area contributed by atoms with Crippen molar-refractivity contribution in [3.05, 3.63) is 36.2 Å². The summed E-state index contributed by atoms with van der Waals surface area (Å²) in [5, 5.41) is 0. The van der Waals surface area contributed by atoms with E-state index in [2.05, 4.69) is 15.0 Å². The average molecular weight is 402 g/mol. The first-order chi connectivity index (χ1) is 13.4. The van der Waals surface area contributed by atoms with Crippen molar-refractivity contribution in [2.75, 3.05) is 19.4 Å². The highest BCUT2D eigenvalue weighted by atomic mass is 32.2. The minimum absolute atomic E-state index is 0.0849. The third-order valence-corrected chi connectivity index (χ3v) is 6.97. The smallest absolute Gasteiger partial charge is 0.246 e. The summed E-state index contributed by atoms with van der Waals surface area (Å²) in [4.78, 5) is 12.9. The van der Waals surface area contributed by atoms with E-state index < -0.39 is 10.0 Å². The summed E-state index contributed by atoms with van der Waals surface area (Å²) in [6.45, 7) is 2.86. The molecule has 1 aromatic carbocycles. The van der Waals surface area contributed by atoms with Gasteiger partial charge >= 0.3 is 0 Å². The lowest BCUT2D eigenvalue weighted by atomic mass is 10.2. The first kappa shape index (κ1) is 18.6. The van der Waals surface area contributed by atoms with E-state index in [1.54, 1.807) is 22.8 Å². The molecule has 0 unspecified atom stereocenters. The highest BCUT2D eigenvalue weighted by molar-refractivity contribution is 7.89. The maximum absolute atomic E-state index is 13.1. The molecule has 148 valence electrons. The number of aryl methyl sites for hydroxylation is 1. The van der Waals surface area contributed by atoms with E-state index in [0.717, 1.165) is 18.4 Å². The molecule has 28 heavy (non-hydrogen) atoms. The topological polar surface area (TPSA) is 116 Å². The molecule has 9 nitrogen and oxygen atoms in total. The molecule has 1 fully saturated rings. The number of methoxy groups -OCH3 is 1. The van der Waals surface area contributed by atoms with E-state index in [1.807, 2.05) is 23.6 Å². The first-order valence-corrected chi connectivity index (χ1v) is 10.4. The maximum Gasteiger partial charge on any atom is 0.246 e. The van der Waals surface area contributed by atoms with Gasteiger partial charge in [-0.25, -0.2) is 13.4 Å². The highest BCUT2D eigenvalue weighted by Gasteiger charge is 2.35. The number of hydrogen-bond donors (Lipinski definition) is 1. The lowest BCUT2D eigenvalue weighted by molar-refractivity contribution is 0.354. The molecular formula is C18H22N6O3S. The second kappa shape index (κ2) is 7.02. The monoisotopic (exact) mass is 402 g/mol. The minimum Gasteiger partial charge on any atom is -0.479 e. The molecule has 2 aromatic heterocycles. The van der Waals surface area contributed by atoms with Gasteiger partial charge in [-0.1, -0.05) is 17.7 Å². The van der Waals surface area contributed by atoms with Crippen LogP contribution in [0.4, 0.5) is 5.95 Å². The predicted octanol–water partition coefficient (Wildman–Crippen LogP) is 1.58. The SMILES string of the molecule is COc1nc(N)nc2c1ncn2C[C@@H]1CCCN1S(=O)(=O)c1ccc(C)cc1. The largest absolute Gasteiger partial charge is 0.479 e. The molecule has 0 bridgehead atoms. The second-order valence-electron chi connectivity index (χ2n) is 6.89. The van der Waals surface area contributed by atoms with Crippen molar-refractivity contribution < 1.29 is 13.2 Å². The molecule has 0 aliphatic carbocycles. The Kier molecular flexibility index (Phi) is 4.68. The number of ether oxygens (including phenoxy) is 1. The van der Waals surface area contributed by atoms with Crippen molar-refractivity contribution in [2.24, 2.45) is 0 Å². The van der Waals surface area contributed by atoms with Crippen LogP contribution in [0.15, 0.2) is 35.5 Å². The average Bonchev–Trinajstić information content (AvgIpc) is 3.29. The van der Waals surface area contributed by atoms with Crippen LogP contribution in [-0.2, 0) is 16.6 Å². The van der Waals surface area contributed by atoms with Crippen LogP contribution < -0.4 is 10.5 Å². The van der Waals surface area contributed by atoms with Gasteiger partial charge in [0.1, 0.15) is 0 Å². The molecule has 4 rings (SSSR count). The van der Waals surface area contributed by atoms with Gasteiger partial charge in [0.15, 0.2) is 11.2 Å². The Bertz CT molecular complexity index is 1110. The summed E-state index contributed by atoms with van der Waals surface area (Å²) >= 11 is 0. The molecule has 0 spiro atoms. The molecule has 1 atom stereocenters. The summed E-state index contributed by atoms with van der Waals surface area (Å²) in [6.07, 6.45) is 3.20. The Morgan fingerprint density at radius 2 is 2.00 bits per heavy atom. The van der Waals surface area contributed by atoms with Crippen molar-refractivity contribution in [3.63, 3.8) is 0 Å². The number of aromatic nitrogens is 4. The number of hydrogen-bond acceptors (Lipinski definition) is 7. The zero-order chi connectivity index (χ0) is 19.9. The van der Waals surface area contributed by atoms with Gasteiger partial charge in [0.05, 0.1) is 18.3 Å². The van der Waals surface area contributed by atoms with Crippen molar-refractivity contribution >= 4 is 27.1 Å². The van der Waals surface area contributed by atoms with E-state index in [0.29, 0.717) is 35.0 Å². The zero-order valence-electron chi connectivity index (χ0n) is 15.7. The number of benzene rings is 1. The number of anilines is 1. The maximum atomic E-state index is 13.1. The Morgan fingerprint density at radius 1 is 1.25 bits per heavy atom. The van der Waals surface area contributed by atoms with Gasteiger partial charge in [0, 0.05) is 19.1 Å². The number of nitrogen functional groups attached to an aromatic ring is 1. The minimum atomic E-state index is -3.56. The Hall–Kier alpha value is -2.72. The molecule has 1 aliphatic rings. The standard InChI is InChI=1S/C18H22N6O3S/c1-12-5-7-14(8-6-12)28(25,26)24-9-3-4-13(24)10-23-11-20-15-16(23)21-18(19)22-17(15)27-2/h5-8,11,13H,3-4,9-10H2,1-2H3,(H2,19,21,22)/t13-/m0/s1. The van der Waals surface area contributed by atoms with E-state index in [4.69, 9.17) is 10.5 Å².